The molecule has 0 saturated heterocycles. The highest BCUT2D eigenvalue weighted by Gasteiger charge is 2.17. The van der Waals surface area contributed by atoms with Crippen LogP contribution in [0.3, 0.4) is 0 Å². The third-order valence-electron chi connectivity index (χ3n) is 4.29. The van der Waals surface area contributed by atoms with E-state index in [0.717, 1.165) is 22.2 Å². The minimum atomic E-state index is -0.960. The second kappa shape index (κ2) is 11.5. The summed E-state index contributed by atoms with van der Waals surface area (Å²) >= 11 is 0. The molecule has 0 fully saturated rings. The van der Waals surface area contributed by atoms with Crippen LogP contribution in [0.15, 0.2) is 48.7 Å². The van der Waals surface area contributed by atoms with Crippen molar-refractivity contribution in [3.63, 3.8) is 0 Å². The minimum Gasteiger partial charge on any atom is -0.463 e. The second-order valence-corrected chi connectivity index (χ2v) is 7.19. The molecule has 168 valence electrons. The molecular formula is C22H31N5O3S. The summed E-state index contributed by atoms with van der Waals surface area (Å²) in [5.41, 5.74) is 9.37. The van der Waals surface area contributed by atoms with Gasteiger partial charge in [0.2, 0.25) is 5.91 Å². The molecule has 31 heavy (non-hydrogen) atoms. The summed E-state index contributed by atoms with van der Waals surface area (Å²) in [6.07, 6.45) is 1.78. The zero-order valence-corrected chi connectivity index (χ0v) is 18.3. The number of fused-ring (bicyclic) bond motifs is 1. The van der Waals surface area contributed by atoms with Crippen LogP contribution in [-0.2, 0) is 14.3 Å². The lowest BCUT2D eigenvalue weighted by Crippen LogP contribution is -2.40. The number of carbonyl (C=O) groups excluding carboxylic acids is 2. The van der Waals surface area contributed by atoms with Gasteiger partial charge in [0.05, 0.1) is 23.9 Å². The number of benzene rings is 2. The van der Waals surface area contributed by atoms with Gasteiger partial charge in [-0.25, -0.2) is 4.68 Å². The van der Waals surface area contributed by atoms with E-state index in [2.05, 4.69) is 10.4 Å². The molecule has 9 heteroatoms. The fourth-order valence-corrected chi connectivity index (χ4v) is 2.86. The zero-order valence-electron chi connectivity index (χ0n) is 17.3. The van der Waals surface area contributed by atoms with Gasteiger partial charge in [-0.05, 0) is 56.9 Å². The Morgan fingerprint density at radius 3 is 2.65 bits per heavy atom. The SMILES string of the molecule is C.Cc1cccc(-n2ncc3ccc(NC(=O)[C@@H](N)COC(=O)CN(C)C)cc32)c1.S. The smallest absolute Gasteiger partial charge is 0.320 e. The third kappa shape index (κ3) is 6.81. The number of carbonyl (C=O) groups is 2. The number of rotatable bonds is 7. The van der Waals surface area contributed by atoms with Crippen molar-refractivity contribution < 1.29 is 14.3 Å². The van der Waals surface area contributed by atoms with E-state index in [9.17, 15) is 9.59 Å². The first-order valence-electron chi connectivity index (χ1n) is 9.25. The van der Waals surface area contributed by atoms with Crippen molar-refractivity contribution in [3.05, 3.63) is 54.2 Å². The van der Waals surface area contributed by atoms with Crippen LogP contribution in [0.1, 0.15) is 13.0 Å². The van der Waals surface area contributed by atoms with Crippen LogP contribution in [-0.4, -0.2) is 59.8 Å². The maximum atomic E-state index is 12.4. The molecule has 0 aliphatic rings. The number of nitrogens with two attached hydrogens (primary N) is 1. The molecule has 0 spiro atoms. The van der Waals surface area contributed by atoms with Crippen LogP contribution < -0.4 is 11.1 Å². The van der Waals surface area contributed by atoms with Gasteiger partial charge in [-0.2, -0.15) is 18.6 Å². The molecule has 0 aliphatic carbocycles. The van der Waals surface area contributed by atoms with Gasteiger partial charge in [-0.15, -0.1) is 0 Å². The largest absolute Gasteiger partial charge is 0.463 e. The van der Waals surface area contributed by atoms with E-state index in [1.807, 2.05) is 48.0 Å². The fraction of sp³-hybridized carbons (Fsp3) is 0.318. The predicted octanol–water partition coefficient (Wildman–Crippen LogP) is 2.45. The lowest BCUT2D eigenvalue weighted by Gasteiger charge is -2.14. The maximum absolute atomic E-state index is 12.4. The maximum Gasteiger partial charge on any atom is 0.320 e. The van der Waals surface area contributed by atoms with E-state index in [1.165, 1.54) is 0 Å². The Bertz CT molecular complexity index is 1030. The summed E-state index contributed by atoms with van der Waals surface area (Å²) in [4.78, 5) is 25.6. The molecule has 0 aliphatic heterocycles. The number of nitrogens with zero attached hydrogens (tertiary/aromatic N) is 3. The highest BCUT2D eigenvalue weighted by molar-refractivity contribution is 7.59. The van der Waals surface area contributed by atoms with Gasteiger partial charge in [0.25, 0.3) is 0 Å². The summed E-state index contributed by atoms with van der Waals surface area (Å²) in [6, 6.07) is 12.6. The number of nitrogens with one attached hydrogen (secondary N) is 1. The molecular weight excluding hydrogens is 414 g/mol. The summed E-state index contributed by atoms with van der Waals surface area (Å²) in [6.45, 7) is 1.98. The van der Waals surface area contributed by atoms with Gasteiger partial charge in [-0.3, -0.25) is 14.5 Å². The number of ether oxygens (including phenoxy) is 1. The number of anilines is 1. The van der Waals surface area contributed by atoms with Crippen molar-refractivity contribution in [3.8, 4) is 5.69 Å². The Balaban J connectivity index is 0.00000240. The topological polar surface area (TPSA) is 102 Å². The molecule has 3 aromatic rings. The van der Waals surface area contributed by atoms with Crippen molar-refractivity contribution in [2.75, 3.05) is 32.6 Å². The number of hydrogen-bond donors (Lipinski definition) is 2. The molecule has 0 bridgehead atoms. The van der Waals surface area contributed by atoms with Crippen LogP contribution in [0.2, 0.25) is 0 Å². The summed E-state index contributed by atoms with van der Waals surface area (Å²) in [5.74, 6) is -0.856. The van der Waals surface area contributed by atoms with Crippen LogP contribution in [0, 0.1) is 6.92 Å². The van der Waals surface area contributed by atoms with E-state index in [0.29, 0.717) is 5.69 Å². The summed E-state index contributed by atoms with van der Waals surface area (Å²) < 4.78 is 6.86. The Morgan fingerprint density at radius 2 is 1.97 bits per heavy atom. The number of likely N-dealkylation sites (N-methyl/N-ethyl adjacent to an activating group) is 1. The molecule has 1 atom stereocenters. The lowest BCUT2D eigenvalue weighted by molar-refractivity contribution is -0.145. The Labute approximate surface area is 189 Å². The predicted molar refractivity (Wildman–Crippen MR) is 129 cm³/mol. The Hall–Kier alpha value is -2.88. The van der Waals surface area contributed by atoms with Gasteiger partial charge < -0.3 is 15.8 Å². The van der Waals surface area contributed by atoms with Crippen LogP contribution in [0.25, 0.3) is 16.6 Å². The Kier molecular flexibility index (Phi) is 9.70. The van der Waals surface area contributed by atoms with E-state index in [4.69, 9.17) is 10.5 Å². The molecule has 1 amide bonds. The van der Waals surface area contributed by atoms with Gasteiger partial charge in [0, 0.05) is 11.1 Å². The monoisotopic (exact) mass is 445 g/mol. The van der Waals surface area contributed by atoms with E-state index < -0.39 is 17.9 Å². The van der Waals surface area contributed by atoms with Gasteiger partial charge in [-0.1, -0.05) is 19.6 Å². The highest BCUT2D eigenvalue weighted by atomic mass is 32.1. The Morgan fingerprint density at radius 1 is 1.23 bits per heavy atom. The number of aromatic nitrogens is 2. The van der Waals surface area contributed by atoms with E-state index >= 15 is 0 Å². The molecule has 2 aromatic carbocycles. The van der Waals surface area contributed by atoms with Crippen LogP contribution in [0.4, 0.5) is 5.69 Å². The molecule has 8 nitrogen and oxygen atoms in total. The molecule has 3 rings (SSSR count). The van der Waals surface area contributed by atoms with Crippen molar-refractivity contribution in [1.29, 1.82) is 0 Å². The summed E-state index contributed by atoms with van der Waals surface area (Å²) in [7, 11) is 3.51. The van der Waals surface area contributed by atoms with Crippen molar-refractivity contribution in [2.24, 2.45) is 5.73 Å². The molecule has 0 unspecified atom stereocenters. The first kappa shape index (κ1) is 26.2. The zero-order chi connectivity index (χ0) is 21.0. The fourth-order valence-electron chi connectivity index (χ4n) is 2.86. The molecule has 1 heterocycles. The third-order valence-corrected chi connectivity index (χ3v) is 4.29. The van der Waals surface area contributed by atoms with Crippen molar-refractivity contribution in [2.45, 2.75) is 20.4 Å². The number of hydrogen-bond acceptors (Lipinski definition) is 6. The average molecular weight is 446 g/mol. The van der Waals surface area contributed by atoms with E-state index in [-0.39, 0.29) is 34.1 Å². The minimum absolute atomic E-state index is 0. The van der Waals surface area contributed by atoms with Crippen LogP contribution >= 0.6 is 13.5 Å². The standard InChI is InChI=1S/C21H25N5O3.CH4.H2S/c1-14-5-4-6-17(9-14)26-19-10-16(8-7-15(19)11-23-26)24-21(28)18(22)13-29-20(27)12-25(2)3;;/h4-11,18H,12-13,22H2,1-3H3,(H,24,28);1H4;1H2/t18-;;/m0../s1. The summed E-state index contributed by atoms with van der Waals surface area (Å²) in [5, 5.41) is 8.17. The van der Waals surface area contributed by atoms with Crippen LogP contribution in [0.5, 0.6) is 0 Å². The normalized spacial score (nSPS) is 11.4. The average Bonchev–Trinajstić information content (AvgIpc) is 3.08. The van der Waals surface area contributed by atoms with Gasteiger partial charge in [0.1, 0.15) is 12.6 Å². The first-order chi connectivity index (χ1) is 13.8. The molecule has 3 N–H and O–H groups in total. The van der Waals surface area contributed by atoms with Gasteiger partial charge in [0.15, 0.2) is 0 Å². The van der Waals surface area contributed by atoms with Crippen molar-refractivity contribution in [1.82, 2.24) is 14.7 Å². The highest BCUT2D eigenvalue weighted by Crippen LogP contribution is 2.22. The van der Waals surface area contributed by atoms with E-state index in [1.54, 1.807) is 31.3 Å². The number of aryl methyl sites for hydroxylation is 1. The number of amides is 1. The molecule has 0 saturated carbocycles. The first-order valence-corrected chi connectivity index (χ1v) is 9.25. The number of esters is 1. The lowest BCUT2D eigenvalue weighted by atomic mass is 10.2. The van der Waals surface area contributed by atoms with Crippen molar-refractivity contribution >= 4 is 42.0 Å². The molecule has 0 radical (unpaired) electrons. The quantitative estimate of drug-likeness (QED) is 0.542. The second-order valence-electron chi connectivity index (χ2n) is 7.19. The van der Waals surface area contributed by atoms with Gasteiger partial charge >= 0.3 is 5.97 Å². The molecule has 1 aromatic heterocycles.